The van der Waals surface area contributed by atoms with Gasteiger partial charge in [0.15, 0.2) is 0 Å². The Hall–Kier alpha value is -1.84. The number of hydrogen-bond acceptors (Lipinski definition) is 3. The molecule has 0 aromatic heterocycles. The Balaban J connectivity index is 0.00000147. The number of carbonyl (C=O) groups excluding carboxylic acids is 1. The van der Waals surface area contributed by atoms with Crippen molar-refractivity contribution in [3.05, 3.63) is 23.3 Å². The molecule has 4 nitrogen and oxygen atoms in total. The number of rotatable bonds is 1. The van der Waals surface area contributed by atoms with E-state index in [4.69, 9.17) is 4.74 Å². The number of hydrogen-bond donors (Lipinski definition) is 0. The van der Waals surface area contributed by atoms with E-state index in [1.807, 2.05) is 30.2 Å². The Morgan fingerprint density at radius 1 is 1.35 bits per heavy atom. The van der Waals surface area contributed by atoms with Crippen molar-refractivity contribution in [2.24, 2.45) is 4.99 Å². The van der Waals surface area contributed by atoms with Crippen LogP contribution in [0.1, 0.15) is 42.6 Å². The molecule has 20 heavy (non-hydrogen) atoms. The molecule has 0 spiro atoms. The van der Waals surface area contributed by atoms with Gasteiger partial charge in [-0.1, -0.05) is 7.43 Å². The molecule has 1 saturated heterocycles. The summed E-state index contributed by atoms with van der Waals surface area (Å²) in [5.74, 6) is 0.881. The van der Waals surface area contributed by atoms with E-state index in [0.717, 1.165) is 36.4 Å². The summed E-state index contributed by atoms with van der Waals surface area (Å²) in [4.78, 5) is 19.1. The predicted octanol–water partition coefficient (Wildman–Crippen LogP) is 3.35. The van der Waals surface area contributed by atoms with Crippen LogP contribution in [0.2, 0.25) is 0 Å². The molecule has 108 valence electrons. The fraction of sp³-hybridized carbons (Fsp3) is 0.500. The highest BCUT2D eigenvalue weighted by molar-refractivity contribution is 6.03. The first-order valence-electron chi connectivity index (χ1n) is 6.74. The molecule has 1 aromatic rings. The fourth-order valence-corrected chi connectivity index (χ4v) is 2.86. The highest BCUT2D eigenvalue weighted by Crippen LogP contribution is 2.33. The zero-order chi connectivity index (χ0) is 13.4. The number of ether oxygens (including phenoxy) is 1. The van der Waals surface area contributed by atoms with E-state index in [1.54, 1.807) is 7.11 Å². The van der Waals surface area contributed by atoms with E-state index in [-0.39, 0.29) is 19.4 Å². The molecule has 0 bridgehead atoms. The van der Waals surface area contributed by atoms with Crippen molar-refractivity contribution < 1.29 is 9.53 Å². The predicted molar refractivity (Wildman–Crippen MR) is 81.3 cm³/mol. The van der Waals surface area contributed by atoms with Crippen molar-refractivity contribution in [2.45, 2.75) is 39.7 Å². The molecule has 1 atom stereocenters. The minimum atomic E-state index is 0. The normalized spacial score (nSPS) is 20.6. The van der Waals surface area contributed by atoms with E-state index in [1.165, 1.54) is 6.42 Å². The number of carbonyl (C=O) groups is 1. The largest absolute Gasteiger partial charge is 0.496 e. The summed E-state index contributed by atoms with van der Waals surface area (Å²) < 4.78 is 5.31. The average Bonchev–Trinajstić information content (AvgIpc) is 2.57. The molecule has 0 N–H and O–H groups in total. The molecule has 3 rings (SSSR count). The van der Waals surface area contributed by atoms with Gasteiger partial charge in [0, 0.05) is 18.8 Å². The third-order valence-electron chi connectivity index (χ3n) is 3.94. The molecule has 0 radical (unpaired) electrons. The third-order valence-corrected chi connectivity index (χ3v) is 3.94. The number of piperidine rings is 1. The summed E-state index contributed by atoms with van der Waals surface area (Å²) in [6.07, 6.45) is 5.18. The quantitative estimate of drug-likeness (QED) is 0.788. The molecular weight excluding hydrogens is 252 g/mol. The lowest BCUT2D eigenvalue weighted by Crippen LogP contribution is -2.43. The fourth-order valence-electron chi connectivity index (χ4n) is 2.86. The number of aryl methyl sites for hydroxylation is 1. The third kappa shape index (κ3) is 2.30. The van der Waals surface area contributed by atoms with Gasteiger partial charge in [0.2, 0.25) is 0 Å². The number of amides is 1. The van der Waals surface area contributed by atoms with Gasteiger partial charge in [-0.15, -0.1) is 0 Å². The van der Waals surface area contributed by atoms with Gasteiger partial charge in [-0.25, -0.2) is 0 Å². The van der Waals surface area contributed by atoms with Crippen molar-refractivity contribution in [1.29, 1.82) is 0 Å². The number of benzene rings is 1. The lowest BCUT2D eigenvalue weighted by molar-refractivity contribution is 0.0688. The Labute approximate surface area is 120 Å². The molecular formula is C16H22N2O2. The summed E-state index contributed by atoms with van der Waals surface area (Å²) >= 11 is 0. The molecule has 2 aliphatic rings. The van der Waals surface area contributed by atoms with Gasteiger partial charge in [-0.2, -0.15) is 0 Å². The summed E-state index contributed by atoms with van der Waals surface area (Å²) in [5.41, 5.74) is 2.39. The van der Waals surface area contributed by atoms with Crippen LogP contribution in [0, 0.1) is 6.92 Å². The first-order chi connectivity index (χ1) is 9.20. The van der Waals surface area contributed by atoms with Gasteiger partial charge in [0.25, 0.3) is 5.91 Å². The van der Waals surface area contributed by atoms with Gasteiger partial charge in [0.1, 0.15) is 5.75 Å². The lowest BCUT2D eigenvalue weighted by Gasteiger charge is -2.32. The molecule has 2 aliphatic heterocycles. The van der Waals surface area contributed by atoms with Gasteiger partial charge in [-0.05, 0) is 37.8 Å². The van der Waals surface area contributed by atoms with Crippen molar-refractivity contribution in [2.75, 3.05) is 13.7 Å². The van der Waals surface area contributed by atoms with Crippen LogP contribution in [0.5, 0.6) is 5.75 Å². The Bertz CT molecular complexity index is 552. The molecule has 0 unspecified atom stereocenters. The molecule has 1 amide bonds. The minimum absolute atomic E-state index is 0. The van der Waals surface area contributed by atoms with Crippen LogP contribution in [0.3, 0.4) is 0 Å². The maximum Gasteiger partial charge on any atom is 0.256 e. The van der Waals surface area contributed by atoms with E-state index < -0.39 is 0 Å². The Morgan fingerprint density at radius 3 is 2.90 bits per heavy atom. The number of fused-ring (bicyclic) bond motifs is 2. The molecule has 2 heterocycles. The minimum Gasteiger partial charge on any atom is -0.496 e. The van der Waals surface area contributed by atoms with Crippen LogP contribution < -0.4 is 4.74 Å². The summed E-state index contributed by atoms with van der Waals surface area (Å²) in [6, 6.07) is 3.91. The maximum atomic E-state index is 12.6. The van der Waals surface area contributed by atoms with E-state index in [0.29, 0.717) is 5.56 Å². The highest BCUT2D eigenvalue weighted by Gasteiger charge is 2.30. The second-order valence-electron chi connectivity index (χ2n) is 5.18. The SMILES string of the molecule is C.COc1cc2c(cc1C)C(=O)N1CCCC[C@H]1C=N2. The van der Waals surface area contributed by atoms with Crippen molar-refractivity contribution in [1.82, 2.24) is 4.90 Å². The average molecular weight is 274 g/mol. The second-order valence-corrected chi connectivity index (χ2v) is 5.18. The zero-order valence-electron chi connectivity index (χ0n) is 11.3. The number of nitrogens with zero attached hydrogens (tertiary/aromatic N) is 2. The number of methoxy groups -OCH3 is 1. The summed E-state index contributed by atoms with van der Waals surface area (Å²) in [5, 5.41) is 0. The van der Waals surface area contributed by atoms with Crippen LogP contribution in [0.4, 0.5) is 5.69 Å². The standard InChI is InChI=1S/C15H18N2O2.CH4/c1-10-7-12-13(8-14(10)19-2)16-9-11-5-3-4-6-17(11)15(12)18;/h7-9,11H,3-6H2,1-2H3;1H4/t11-;/m0./s1. The van der Waals surface area contributed by atoms with E-state index in [9.17, 15) is 4.79 Å². The molecule has 4 heteroatoms. The van der Waals surface area contributed by atoms with E-state index >= 15 is 0 Å². The van der Waals surface area contributed by atoms with Crippen LogP contribution in [0.25, 0.3) is 0 Å². The van der Waals surface area contributed by atoms with Gasteiger partial charge in [-0.3, -0.25) is 9.79 Å². The second kappa shape index (κ2) is 5.65. The lowest BCUT2D eigenvalue weighted by atomic mass is 10.0. The molecule has 1 aromatic carbocycles. The topological polar surface area (TPSA) is 41.9 Å². The van der Waals surface area contributed by atoms with Crippen LogP contribution in [-0.2, 0) is 0 Å². The maximum absolute atomic E-state index is 12.6. The van der Waals surface area contributed by atoms with E-state index in [2.05, 4.69) is 4.99 Å². The van der Waals surface area contributed by atoms with Crippen molar-refractivity contribution in [3.63, 3.8) is 0 Å². The van der Waals surface area contributed by atoms with Gasteiger partial charge >= 0.3 is 0 Å². The zero-order valence-corrected chi connectivity index (χ0v) is 11.3. The molecule has 0 aliphatic carbocycles. The van der Waals surface area contributed by atoms with Gasteiger partial charge in [0.05, 0.1) is 24.4 Å². The van der Waals surface area contributed by atoms with Crippen LogP contribution >= 0.6 is 0 Å². The Morgan fingerprint density at radius 2 is 2.15 bits per heavy atom. The monoisotopic (exact) mass is 274 g/mol. The smallest absolute Gasteiger partial charge is 0.256 e. The molecule has 1 fully saturated rings. The number of aliphatic imine (C=N–C) groups is 1. The highest BCUT2D eigenvalue weighted by atomic mass is 16.5. The summed E-state index contributed by atoms with van der Waals surface area (Å²) in [7, 11) is 1.64. The van der Waals surface area contributed by atoms with Crippen molar-refractivity contribution >= 4 is 17.8 Å². The first-order valence-corrected chi connectivity index (χ1v) is 6.74. The van der Waals surface area contributed by atoms with Crippen LogP contribution in [-0.4, -0.2) is 36.7 Å². The van der Waals surface area contributed by atoms with Crippen molar-refractivity contribution in [3.8, 4) is 5.75 Å². The van der Waals surface area contributed by atoms with Gasteiger partial charge < -0.3 is 9.64 Å². The molecule has 0 saturated carbocycles. The van der Waals surface area contributed by atoms with Crippen LogP contribution in [0.15, 0.2) is 17.1 Å². The first kappa shape index (κ1) is 14.6. The Kier molecular flexibility index (Phi) is 4.12. The summed E-state index contributed by atoms with van der Waals surface area (Å²) in [6.45, 7) is 2.79.